The van der Waals surface area contributed by atoms with Crippen LogP contribution in [0.5, 0.6) is 0 Å². The number of non-ortho nitro benzene ring substituents is 1. The van der Waals surface area contributed by atoms with E-state index in [1.807, 2.05) is 0 Å². The maximum absolute atomic E-state index is 12.4. The third-order valence-corrected chi connectivity index (χ3v) is 6.26. The molecule has 0 bridgehead atoms. The first-order valence-corrected chi connectivity index (χ1v) is 7.99. The van der Waals surface area contributed by atoms with Gasteiger partial charge in [0.1, 0.15) is 0 Å². The smallest absolute Gasteiger partial charge is 0.258 e. The molecule has 0 N–H and O–H groups in total. The van der Waals surface area contributed by atoms with Gasteiger partial charge in [-0.1, -0.05) is 6.42 Å². The van der Waals surface area contributed by atoms with Gasteiger partial charge in [0.2, 0.25) is 10.0 Å². The minimum absolute atomic E-state index is 0.0343. The summed E-state index contributed by atoms with van der Waals surface area (Å²) in [6.45, 7) is 0. The Hall–Kier alpha value is -0.990. The predicted molar refractivity (Wildman–Crippen MR) is 73.4 cm³/mol. The van der Waals surface area contributed by atoms with Crippen molar-refractivity contribution in [2.75, 3.05) is 7.05 Å². The maximum atomic E-state index is 12.4. The van der Waals surface area contributed by atoms with Crippen LogP contribution < -0.4 is 0 Å². The molecule has 1 aromatic rings. The molecule has 0 spiro atoms. The number of hydrogen-bond acceptors (Lipinski definition) is 4. The highest BCUT2D eigenvalue weighted by atomic mass is 79.9. The van der Waals surface area contributed by atoms with Crippen LogP contribution in [0.25, 0.3) is 0 Å². The van der Waals surface area contributed by atoms with E-state index in [-0.39, 0.29) is 21.1 Å². The molecule has 1 aliphatic rings. The van der Waals surface area contributed by atoms with Crippen LogP contribution in [0, 0.1) is 10.1 Å². The lowest BCUT2D eigenvalue weighted by atomic mass is 9.94. The van der Waals surface area contributed by atoms with Gasteiger partial charge in [-0.2, -0.15) is 4.31 Å². The number of nitrogens with zero attached hydrogens (tertiary/aromatic N) is 2. The summed E-state index contributed by atoms with van der Waals surface area (Å²) in [5.41, 5.74) is -0.142. The lowest BCUT2D eigenvalue weighted by Crippen LogP contribution is -2.41. The molecular weight excluding hydrogens is 336 g/mol. The van der Waals surface area contributed by atoms with E-state index in [1.165, 1.54) is 22.5 Å². The molecule has 8 heteroatoms. The number of sulfonamides is 1. The predicted octanol–water partition coefficient (Wildman–Crippen LogP) is 2.53. The Bertz CT molecular complexity index is 613. The summed E-state index contributed by atoms with van der Waals surface area (Å²) >= 11 is 3.10. The summed E-state index contributed by atoms with van der Waals surface area (Å²) in [6.07, 6.45) is 2.76. The van der Waals surface area contributed by atoms with E-state index in [1.54, 1.807) is 7.05 Å². The highest BCUT2D eigenvalue weighted by molar-refractivity contribution is 9.10. The number of benzene rings is 1. The number of nitro groups is 1. The largest absolute Gasteiger partial charge is 0.270 e. The quantitative estimate of drug-likeness (QED) is 0.618. The highest BCUT2D eigenvalue weighted by Crippen LogP contribution is 2.32. The molecule has 0 radical (unpaired) electrons. The monoisotopic (exact) mass is 348 g/mol. The summed E-state index contributed by atoms with van der Waals surface area (Å²) < 4.78 is 26.4. The zero-order valence-electron chi connectivity index (χ0n) is 10.2. The fourth-order valence-electron chi connectivity index (χ4n) is 1.91. The van der Waals surface area contributed by atoms with Crippen LogP contribution in [0.4, 0.5) is 5.69 Å². The number of nitro benzene ring substituents is 1. The summed E-state index contributed by atoms with van der Waals surface area (Å²) in [6, 6.07) is 3.72. The summed E-state index contributed by atoms with van der Waals surface area (Å²) in [7, 11) is -2.06. The number of rotatable bonds is 4. The van der Waals surface area contributed by atoms with E-state index in [0.717, 1.165) is 19.3 Å². The Morgan fingerprint density at radius 3 is 2.47 bits per heavy atom. The van der Waals surface area contributed by atoms with Crippen molar-refractivity contribution < 1.29 is 13.3 Å². The maximum Gasteiger partial charge on any atom is 0.270 e. The van der Waals surface area contributed by atoms with Gasteiger partial charge in [0.15, 0.2) is 0 Å². The van der Waals surface area contributed by atoms with Gasteiger partial charge < -0.3 is 0 Å². The molecule has 1 aliphatic carbocycles. The second kappa shape index (κ2) is 5.18. The van der Waals surface area contributed by atoms with Gasteiger partial charge in [-0.15, -0.1) is 0 Å². The Morgan fingerprint density at radius 1 is 1.42 bits per heavy atom. The van der Waals surface area contributed by atoms with Crippen molar-refractivity contribution in [1.29, 1.82) is 0 Å². The molecule has 0 unspecified atom stereocenters. The number of hydrogen-bond donors (Lipinski definition) is 0. The van der Waals surface area contributed by atoms with Gasteiger partial charge in [-0.25, -0.2) is 8.42 Å². The second-order valence-electron chi connectivity index (χ2n) is 4.48. The fourth-order valence-corrected chi connectivity index (χ4v) is 4.35. The van der Waals surface area contributed by atoms with Gasteiger partial charge in [0.05, 0.1) is 9.82 Å². The molecule has 0 atom stereocenters. The first-order valence-electron chi connectivity index (χ1n) is 5.76. The van der Waals surface area contributed by atoms with Crippen LogP contribution in [-0.4, -0.2) is 30.7 Å². The van der Waals surface area contributed by atoms with Gasteiger partial charge in [-0.05, 0) is 34.8 Å². The third-order valence-electron chi connectivity index (χ3n) is 3.37. The van der Waals surface area contributed by atoms with Crippen molar-refractivity contribution in [3.63, 3.8) is 0 Å². The summed E-state index contributed by atoms with van der Waals surface area (Å²) in [4.78, 5) is 10.1. The zero-order valence-corrected chi connectivity index (χ0v) is 12.6. The van der Waals surface area contributed by atoms with Crippen molar-refractivity contribution in [3.8, 4) is 0 Å². The fraction of sp³-hybridized carbons (Fsp3) is 0.455. The van der Waals surface area contributed by atoms with Crippen LogP contribution in [0.3, 0.4) is 0 Å². The highest BCUT2D eigenvalue weighted by Gasteiger charge is 2.33. The van der Waals surface area contributed by atoms with Crippen LogP contribution in [0.2, 0.25) is 0 Å². The average molecular weight is 349 g/mol. The molecule has 1 saturated carbocycles. The third kappa shape index (κ3) is 2.65. The van der Waals surface area contributed by atoms with Gasteiger partial charge >= 0.3 is 0 Å². The van der Waals surface area contributed by atoms with E-state index in [2.05, 4.69) is 15.9 Å². The first-order chi connectivity index (χ1) is 8.84. The average Bonchev–Trinajstić information content (AvgIpc) is 2.25. The Labute approximate surface area is 119 Å². The first kappa shape index (κ1) is 14.4. The standard InChI is InChI=1S/C11H13BrN2O4S/c1-13(8-3-2-4-8)19(17,18)11-6-5-9(14(15)16)7-10(11)12/h5-8H,2-4H2,1H3. The van der Waals surface area contributed by atoms with E-state index >= 15 is 0 Å². The molecule has 104 valence electrons. The van der Waals surface area contributed by atoms with Gasteiger partial charge in [0.25, 0.3) is 5.69 Å². The van der Waals surface area contributed by atoms with Crippen LogP contribution in [-0.2, 0) is 10.0 Å². The molecule has 1 aromatic carbocycles. The van der Waals surface area contributed by atoms with Crippen molar-refractivity contribution in [3.05, 3.63) is 32.8 Å². The van der Waals surface area contributed by atoms with Crippen LogP contribution in [0.1, 0.15) is 19.3 Å². The normalized spacial score (nSPS) is 16.4. The molecule has 2 rings (SSSR count). The number of halogens is 1. The SMILES string of the molecule is CN(C1CCC1)S(=O)(=O)c1ccc([N+](=O)[O-])cc1Br. The van der Waals surface area contributed by atoms with Crippen LogP contribution in [0.15, 0.2) is 27.6 Å². The molecule has 0 aromatic heterocycles. The van der Waals surface area contributed by atoms with Crippen molar-refractivity contribution in [2.24, 2.45) is 0 Å². The Morgan fingerprint density at radius 2 is 2.05 bits per heavy atom. The summed E-state index contributed by atoms with van der Waals surface area (Å²) in [5, 5.41) is 10.6. The van der Waals surface area contributed by atoms with E-state index in [9.17, 15) is 18.5 Å². The Balaban J connectivity index is 2.37. The van der Waals surface area contributed by atoms with Gasteiger partial charge in [-0.3, -0.25) is 10.1 Å². The van der Waals surface area contributed by atoms with Crippen molar-refractivity contribution in [2.45, 2.75) is 30.2 Å². The molecule has 0 aliphatic heterocycles. The molecule has 19 heavy (non-hydrogen) atoms. The minimum atomic E-state index is -3.61. The summed E-state index contributed by atoms with van der Waals surface area (Å²) in [5.74, 6) is 0. The molecular formula is C11H13BrN2O4S. The minimum Gasteiger partial charge on any atom is -0.258 e. The molecule has 1 fully saturated rings. The topological polar surface area (TPSA) is 80.5 Å². The lowest BCUT2D eigenvalue weighted by Gasteiger charge is -2.33. The second-order valence-corrected chi connectivity index (χ2v) is 7.30. The lowest BCUT2D eigenvalue weighted by molar-refractivity contribution is -0.385. The molecule has 6 nitrogen and oxygen atoms in total. The molecule has 0 heterocycles. The zero-order chi connectivity index (χ0) is 14.2. The van der Waals surface area contributed by atoms with E-state index < -0.39 is 14.9 Å². The van der Waals surface area contributed by atoms with E-state index in [4.69, 9.17) is 0 Å². The molecule has 0 amide bonds. The molecule has 0 saturated heterocycles. The van der Waals surface area contributed by atoms with Crippen LogP contribution >= 0.6 is 15.9 Å². The van der Waals surface area contributed by atoms with Gasteiger partial charge in [0, 0.05) is 29.7 Å². The van der Waals surface area contributed by atoms with E-state index in [0.29, 0.717) is 0 Å². The Kier molecular flexibility index (Phi) is 3.93. The van der Waals surface area contributed by atoms with Crippen molar-refractivity contribution >= 4 is 31.6 Å². The van der Waals surface area contributed by atoms with Crippen molar-refractivity contribution in [1.82, 2.24) is 4.31 Å².